The maximum atomic E-state index is 3.61. The summed E-state index contributed by atoms with van der Waals surface area (Å²) in [6, 6.07) is 4.93. The maximum Gasteiger partial charge on any atom is 0.0124 e. The van der Waals surface area contributed by atoms with Crippen LogP contribution in [0.15, 0.2) is 17.5 Å². The van der Waals surface area contributed by atoms with E-state index in [0.717, 1.165) is 25.8 Å². The third kappa shape index (κ3) is 5.34. The molecule has 2 heteroatoms. The molecule has 0 saturated heterocycles. The van der Waals surface area contributed by atoms with E-state index >= 15 is 0 Å². The molecule has 0 fully saturated rings. The molecule has 1 aromatic rings. The van der Waals surface area contributed by atoms with Gasteiger partial charge in [0, 0.05) is 17.3 Å². The van der Waals surface area contributed by atoms with Crippen LogP contribution in [0.3, 0.4) is 0 Å². The Balaban J connectivity index is 2.38. The Bertz CT molecular complexity index is 318. The average molecular weight is 235 g/mol. The second-order valence-corrected chi connectivity index (χ2v) is 4.93. The molecule has 0 aliphatic carbocycles. The quantitative estimate of drug-likeness (QED) is 0.714. The second kappa shape index (κ2) is 8.38. The lowest BCUT2D eigenvalue weighted by Crippen LogP contribution is -2.31. The number of hydrogen-bond acceptors (Lipinski definition) is 2. The molecule has 0 amide bonds. The molecular formula is C14H21NS. The largest absolute Gasteiger partial charge is 0.314 e. The lowest BCUT2D eigenvalue weighted by molar-refractivity contribution is 0.485. The first-order chi connectivity index (χ1) is 7.86. The van der Waals surface area contributed by atoms with Crippen LogP contribution in [0.4, 0.5) is 0 Å². The van der Waals surface area contributed by atoms with Crippen LogP contribution in [-0.4, -0.2) is 12.6 Å². The van der Waals surface area contributed by atoms with Gasteiger partial charge in [-0.2, -0.15) is 0 Å². The molecule has 1 heterocycles. The Morgan fingerprint density at radius 1 is 1.50 bits per heavy atom. The molecule has 1 unspecified atom stereocenters. The molecular weight excluding hydrogens is 214 g/mol. The van der Waals surface area contributed by atoms with Crippen LogP contribution in [0.5, 0.6) is 0 Å². The van der Waals surface area contributed by atoms with Crippen LogP contribution < -0.4 is 5.32 Å². The topological polar surface area (TPSA) is 12.0 Å². The van der Waals surface area contributed by atoms with Crippen molar-refractivity contribution in [1.82, 2.24) is 5.32 Å². The van der Waals surface area contributed by atoms with Gasteiger partial charge in [-0.1, -0.05) is 13.0 Å². The SMILES string of the molecule is CC#CCCC(Cc1cccs1)NCCC. The van der Waals surface area contributed by atoms with E-state index in [1.54, 1.807) is 0 Å². The number of hydrogen-bond donors (Lipinski definition) is 1. The first-order valence-electron chi connectivity index (χ1n) is 6.02. The summed E-state index contributed by atoms with van der Waals surface area (Å²) in [6.07, 6.45) is 4.49. The Morgan fingerprint density at radius 3 is 3.00 bits per heavy atom. The van der Waals surface area contributed by atoms with Gasteiger partial charge in [0.25, 0.3) is 0 Å². The summed E-state index contributed by atoms with van der Waals surface area (Å²) in [6.45, 7) is 5.23. The van der Waals surface area contributed by atoms with Crippen molar-refractivity contribution in [2.24, 2.45) is 0 Å². The van der Waals surface area contributed by atoms with Crippen molar-refractivity contribution in [1.29, 1.82) is 0 Å². The molecule has 1 nitrogen and oxygen atoms in total. The summed E-state index contributed by atoms with van der Waals surface area (Å²) in [5, 5.41) is 5.76. The molecule has 0 radical (unpaired) electrons. The lowest BCUT2D eigenvalue weighted by atomic mass is 10.1. The van der Waals surface area contributed by atoms with Crippen LogP contribution in [0.2, 0.25) is 0 Å². The van der Waals surface area contributed by atoms with Gasteiger partial charge in [-0.3, -0.25) is 0 Å². The fraction of sp³-hybridized carbons (Fsp3) is 0.571. The van der Waals surface area contributed by atoms with E-state index in [-0.39, 0.29) is 0 Å². The number of nitrogens with one attached hydrogen (secondary N) is 1. The summed E-state index contributed by atoms with van der Waals surface area (Å²) in [5.74, 6) is 6.11. The minimum Gasteiger partial charge on any atom is -0.314 e. The van der Waals surface area contributed by atoms with Crippen molar-refractivity contribution < 1.29 is 0 Å². The zero-order valence-electron chi connectivity index (χ0n) is 10.3. The summed E-state index contributed by atoms with van der Waals surface area (Å²) in [4.78, 5) is 1.47. The predicted molar refractivity (Wildman–Crippen MR) is 72.8 cm³/mol. The summed E-state index contributed by atoms with van der Waals surface area (Å²) < 4.78 is 0. The van der Waals surface area contributed by atoms with E-state index in [1.807, 2.05) is 18.3 Å². The second-order valence-electron chi connectivity index (χ2n) is 3.90. The van der Waals surface area contributed by atoms with Gasteiger partial charge in [0.15, 0.2) is 0 Å². The van der Waals surface area contributed by atoms with E-state index in [4.69, 9.17) is 0 Å². The molecule has 1 aromatic heterocycles. The first kappa shape index (κ1) is 13.3. The molecule has 0 bridgehead atoms. The van der Waals surface area contributed by atoms with Crippen molar-refractivity contribution in [3.8, 4) is 11.8 Å². The molecule has 0 aromatic carbocycles. The van der Waals surface area contributed by atoms with E-state index in [9.17, 15) is 0 Å². The van der Waals surface area contributed by atoms with Gasteiger partial charge in [-0.05, 0) is 44.2 Å². The van der Waals surface area contributed by atoms with Crippen LogP contribution in [-0.2, 0) is 6.42 Å². The smallest absolute Gasteiger partial charge is 0.0124 e. The Hall–Kier alpha value is -0.780. The van der Waals surface area contributed by atoms with Gasteiger partial charge < -0.3 is 5.32 Å². The molecule has 88 valence electrons. The summed E-state index contributed by atoms with van der Waals surface area (Å²) >= 11 is 1.85. The molecule has 1 atom stereocenters. The third-order valence-electron chi connectivity index (χ3n) is 2.51. The zero-order chi connectivity index (χ0) is 11.6. The zero-order valence-corrected chi connectivity index (χ0v) is 11.1. The highest BCUT2D eigenvalue weighted by Gasteiger charge is 2.08. The molecule has 0 spiro atoms. The highest BCUT2D eigenvalue weighted by molar-refractivity contribution is 7.09. The minimum atomic E-state index is 0.583. The van der Waals surface area contributed by atoms with Crippen LogP contribution >= 0.6 is 11.3 Å². The monoisotopic (exact) mass is 235 g/mol. The third-order valence-corrected chi connectivity index (χ3v) is 3.40. The molecule has 0 aliphatic heterocycles. The average Bonchev–Trinajstić information content (AvgIpc) is 2.78. The van der Waals surface area contributed by atoms with Gasteiger partial charge in [-0.15, -0.1) is 23.2 Å². The van der Waals surface area contributed by atoms with Crippen molar-refractivity contribution in [2.45, 2.75) is 45.6 Å². The van der Waals surface area contributed by atoms with E-state index < -0.39 is 0 Å². The van der Waals surface area contributed by atoms with Crippen molar-refractivity contribution in [2.75, 3.05) is 6.54 Å². The standard InChI is InChI=1S/C14H21NS/c1-3-5-6-8-13(15-10-4-2)12-14-9-7-11-16-14/h7,9,11,13,15H,4,6,8,10,12H2,1-2H3. The van der Waals surface area contributed by atoms with Gasteiger partial charge in [-0.25, -0.2) is 0 Å². The van der Waals surface area contributed by atoms with Crippen molar-refractivity contribution >= 4 is 11.3 Å². The summed E-state index contributed by atoms with van der Waals surface area (Å²) in [7, 11) is 0. The highest BCUT2D eigenvalue weighted by atomic mass is 32.1. The first-order valence-corrected chi connectivity index (χ1v) is 6.90. The van der Waals surface area contributed by atoms with Gasteiger partial charge >= 0.3 is 0 Å². The van der Waals surface area contributed by atoms with Crippen molar-refractivity contribution in [3.05, 3.63) is 22.4 Å². The highest BCUT2D eigenvalue weighted by Crippen LogP contribution is 2.13. The fourth-order valence-electron chi connectivity index (χ4n) is 1.67. The fourth-order valence-corrected chi connectivity index (χ4v) is 2.45. The Labute approximate surface area is 103 Å². The molecule has 0 aliphatic rings. The predicted octanol–water partition coefficient (Wildman–Crippen LogP) is 3.46. The molecule has 1 N–H and O–H groups in total. The number of rotatable bonds is 7. The lowest BCUT2D eigenvalue weighted by Gasteiger charge is -2.16. The molecule has 16 heavy (non-hydrogen) atoms. The van der Waals surface area contributed by atoms with Crippen LogP contribution in [0.25, 0.3) is 0 Å². The van der Waals surface area contributed by atoms with Crippen LogP contribution in [0, 0.1) is 11.8 Å². The summed E-state index contributed by atoms with van der Waals surface area (Å²) in [5.41, 5.74) is 0. The van der Waals surface area contributed by atoms with Crippen LogP contribution in [0.1, 0.15) is 38.0 Å². The van der Waals surface area contributed by atoms with Gasteiger partial charge in [0.2, 0.25) is 0 Å². The Kier molecular flexibility index (Phi) is 6.96. The normalized spacial score (nSPS) is 11.9. The minimum absolute atomic E-state index is 0.583. The van der Waals surface area contributed by atoms with E-state index in [1.165, 1.54) is 11.3 Å². The maximum absolute atomic E-state index is 3.61. The van der Waals surface area contributed by atoms with E-state index in [2.05, 4.69) is 41.6 Å². The number of thiophene rings is 1. The molecule has 0 saturated carbocycles. The molecule has 1 rings (SSSR count). The van der Waals surface area contributed by atoms with Gasteiger partial charge in [0.05, 0.1) is 0 Å². The van der Waals surface area contributed by atoms with Gasteiger partial charge in [0.1, 0.15) is 0 Å². The van der Waals surface area contributed by atoms with Crippen molar-refractivity contribution in [3.63, 3.8) is 0 Å². The Morgan fingerprint density at radius 2 is 2.38 bits per heavy atom. The van der Waals surface area contributed by atoms with E-state index in [0.29, 0.717) is 6.04 Å².